The largest absolute Gasteiger partial charge is 0.451 e. The van der Waals surface area contributed by atoms with Gasteiger partial charge in [0.25, 0.3) is 0 Å². The van der Waals surface area contributed by atoms with Crippen LogP contribution in [0.2, 0.25) is 0 Å². The van der Waals surface area contributed by atoms with Crippen molar-refractivity contribution in [1.29, 1.82) is 0 Å². The molecule has 0 aliphatic rings. The third kappa shape index (κ3) is 2.65. The lowest BCUT2D eigenvalue weighted by molar-refractivity contribution is -0.144. The highest BCUT2D eigenvalue weighted by Crippen LogP contribution is 2.33. The van der Waals surface area contributed by atoms with Crippen LogP contribution >= 0.6 is 0 Å². The van der Waals surface area contributed by atoms with Gasteiger partial charge in [-0.05, 0) is 12.5 Å². The Hall–Kier alpha value is -2.15. The Morgan fingerprint density at radius 3 is 2.26 bits per heavy atom. The third-order valence-corrected chi connectivity index (χ3v) is 2.54. The van der Waals surface area contributed by atoms with Crippen LogP contribution in [0.3, 0.4) is 0 Å². The molecule has 0 unspecified atom stereocenters. The van der Waals surface area contributed by atoms with Crippen molar-refractivity contribution in [3.63, 3.8) is 0 Å². The van der Waals surface area contributed by atoms with E-state index in [0.717, 1.165) is 0 Å². The molecule has 0 spiro atoms. The van der Waals surface area contributed by atoms with Gasteiger partial charge in [-0.3, -0.25) is 0 Å². The fourth-order valence-electron chi connectivity index (χ4n) is 1.75. The highest BCUT2D eigenvalue weighted by Gasteiger charge is 2.36. The second-order valence-corrected chi connectivity index (χ2v) is 3.86. The first-order chi connectivity index (χ1) is 8.93. The number of hydrogen-bond acceptors (Lipinski definition) is 4. The predicted octanol–water partition coefficient (Wildman–Crippen LogP) is 2.76. The number of nitrogens with one attached hydrogen (secondary N) is 1. The topological polar surface area (TPSA) is 63.8 Å². The Balaban J connectivity index is 2.63. The van der Waals surface area contributed by atoms with Gasteiger partial charge >= 0.3 is 6.18 Å². The molecule has 0 aliphatic heterocycles. The maximum Gasteiger partial charge on any atom is 0.451 e. The first-order valence-corrected chi connectivity index (χ1v) is 5.41. The molecule has 4 nitrogen and oxygen atoms in total. The predicted molar refractivity (Wildman–Crippen MR) is 65.0 cm³/mol. The van der Waals surface area contributed by atoms with Crippen molar-refractivity contribution in [3.8, 4) is 11.1 Å². The summed E-state index contributed by atoms with van der Waals surface area (Å²) in [4.78, 5) is 6.93. The van der Waals surface area contributed by atoms with E-state index in [2.05, 4.69) is 15.4 Å². The average molecular weight is 268 g/mol. The van der Waals surface area contributed by atoms with E-state index >= 15 is 0 Å². The number of anilines is 1. The van der Waals surface area contributed by atoms with Crippen molar-refractivity contribution in [2.45, 2.75) is 13.1 Å². The van der Waals surface area contributed by atoms with Gasteiger partial charge in [0.2, 0.25) is 5.82 Å². The van der Waals surface area contributed by atoms with E-state index in [-0.39, 0.29) is 11.5 Å². The van der Waals surface area contributed by atoms with Crippen LogP contribution in [0.1, 0.15) is 11.5 Å². The quantitative estimate of drug-likeness (QED) is 0.649. The van der Waals surface area contributed by atoms with Gasteiger partial charge in [-0.1, -0.05) is 30.3 Å². The van der Waals surface area contributed by atoms with Crippen LogP contribution in [0.15, 0.2) is 30.3 Å². The number of hydrogen-bond donors (Lipinski definition) is 2. The molecule has 2 rings (SSSR count). The van der Waals surface area contributed by atoms with Crippen molar-refractivity contribution in [2.24, 2.45) is 5.84 Å². The lowest BCUT2D eigenvalue weighted by Crippen LogP contribution is -2.18. The van der Waals surface area contributed by atoms with Crippen LogP contribution in [-0.2, 0) is 6.18 Å². The number of nitrogens with two attached hydrogens (primary N) is 1. The zero-order valence-electron chi connectivity index (χ0n) is 9.99. The Bertz CT molecular complexity index is 582. The summed E-state index contributed by atoms with van der Waals surface area (Å²) in [6, 6.07) is 8.85. The number of halogens is 3. The Kier molecular flexibility index (Phi) is 3.39. The zero-order valence-corrected chi connectivity index (χ0v) is 9.99. The lowest BCUT2D eigenvalue weighted by Gasteiger charge is -2.14. The number of hydrazine groups is 1. The van der Waals surface area contributed by atoms with E-state index in [4.69, 9.17) is 5.84 Å². The standard InChI is InChI=1S/C12H11F3N4/c1-7-9(8-5-3-2-4-6-8)10(19-16)18-11(17-7)12(13,14)15/h2-6H,16H2,1H3,(H,17,18,19). The molecule has 1 aromatic heterocycles. The number of nitrogens with zero attached hydrogens (tertiary/aromatic N) is 2. The molecule has 0 saturated carbocycles. The summed E-state index contributed by atoms with van der Waals surface area (Å²) in [7, 11) is 0. The fourth-order valence-corrected chi connectivity index (χ4v) is 1.75. The number of alkyl halides is 3. The minimum atomic E-state index is -4.61. The molecule has 1 heterocycles. The minimum Gasteiger partial charge on any atom is -0.308 e. The summed E-state index contributed by atoms with van der Waals surface area (Å²) in [6.45, 7) is 1.49. The van der Waals surface area contributed by atoms with Gasteiger partial charge in [-0.2, -0.15) is 13.2 Å². The van der Waals surface area contributed by atoms with Crippen LogP contribution in [0.4, 0.5) is 19.0 Å². The lowest BCUT2D eigenvalue weighted by atomic mass is 10.1. The zero-order chi connectivity index (χ0) is 14.0. The summed E-state index contributed by atoms with van der Waals surface area (Å²) in [6.07, 6.45) is -4.61. The number of benzene rings is 1. The van der Waals surface area contributed by atoms with Crippen LogP contribution in [0.5, 0.6) is 0 Å². The molecule has 0 saturated heterocycles. The highest BCUT2D eigenvalue weighted by atomic mass is 19.4. The number of aryl methyl sites for hydroxylation is 1. The van der Waals surface area contributed by atoms with Crippen LogP contribution < -0.4 is 11.3 Å². The van der Waals surface area contributed by atoms with Crippen molar-refractivity contribution in [3.05, 3.63) is 41.9 Å². The van der Waals surface area contributed by atoms with E-state index in [1.807, 2.05) is 0 Å². The molecule has 0 bridgehead atoms. The van der Waals surface area contributed by atoms with Gasteiger partial charge in [0.15, 0.2) is 5.82 Å². The summed E-state index contributed by atoms with van der Waals surface area (Å²) in [5.41, 5.74) is 3.56. The van der Waals surface area contributed by atoms with Crippen molar-refractivity contribution in [1.82, 2.24) is 9.97 Å². The van der Waals surface area contributed by atoms with E-state index < -0.39 is 12.0 Å². The molecule has 100 valence electrons. The van der Waals surface area contributed by atoms with E-state index in [9.17, 15) is 13.2 Å². The molecule has 0 fully saturated rings. The number of rotatable bonds is 2. The minimum absolute atomic E-state index is 0.0500. The van der Waals surface area contributed by atoms with E-state index in [1.165, 1.54) is 6.92 Å². The normalized spacial score (nSPS) is 11.4. The summed E-state index contributed by atoms with van der Waals surface area (Å²) < 4.78 is 37.9. The highest BCUT2D eigenvalue weighted by molar-refractivity contribution is 5.76. The summed E-state index contributed by atoms with van der Waals surface area (Å²) in [5.74, 6) is 4.00. The third-order valence-electron chi connectivity index (χ3n) is 2.54. The molecule has 19 heavy (non-hydrogen) atoms. The van der Waals surface area contributed by atoms with Gasteiger partial charge < -0.3 is 5.43 Å². The molecular weight excluding hydrogens is 257 g/mol. The molecular formula is C12H11F3N4. The molecule has 0 amide bonds. The van der Waals surface area contributed by atoms with Crippen molar-refractivity contribution >= 4 is 5.82 Å². The summed E-state index contributed by atoms with van der Waals surface area (Å²) in [5, 5.41) is 0. The monoisotopic (exact) mass is 268 g/mol. The second-order valence-electron chi connectivity index (χ2n) is 3.86. The molecule has 0 radical (unpaired) electrons. The smallest absolute Gasteiger partial charge is 0.308 e. The molecule has 7 heteroatoms. The van der Waals surface area contributed by atoms with Gasteiger partial charge in [0.1, 0.15) is 0 Å². The first-order valence-electron chi connectivity index (χ1n) is 5.41. The Labute approximate surface area is 107 Å². The van der Waals surface area contributed by atoms with E-state index in [1.54, 1.807) is 30.3 Å². The molecule has 2 aromatic rings. The SMILES string of the molecule is Cc1nc(C(F)(F)F)nc(NN)c1-c1ccccc1. The van der Waals surface area contributed by atoms with Gasteiger partial charge in [0.05, 0.1) is 5.69 Å². The van der Waals surface area contributed by atoms with Crippen LogP contribution in [0, 0.1) is 6.92 Å². The van der Waals surface area contributed by atoms with Gasteiger partial charge in [-0.25, -0.2) is 15.8 Å². The summed E-state index contributed by atoms with van der Waals surface area (Å²) >= 11 is 0. The van der Waals surface area contributed by atoms with Crippen LogP contribution in [0.25, 0.3) is 11.1 Å². The second kappa shape index (κ2) is 4.85. The molecule has 0 atom stereocenters. The van der Waals surface area contributed by atoms with Crippen LogP contribution in [-0.4, -0.2) is 9.97 Å². The Morgan fingerprint density at radius 2 is 1.74 bits per heavy atom. The van der Waals surface area contributed by atoms with Crippen molar-refractivity contribution < 1.29 is 13.2 Å². The fraction of sp³-hybridized carbons (Fsp3) is 0.167. The van der Waals surface area contributed by atoms with Gasteiger partial charge in [-0.15, -0.1) is 0 Å². The molecule has 0 aliphatic carbocycles. The van der Waals surface area contributed by atoms with E-state index in [0.29, 0.717) is 11.1 Å². The van der Waals surface area contributed by atoms with Crippen molar-refractivity contribution in [2.75, 3.05) is 5.43 Å². The average Bonchev–Trinajstić information content (AvgIpc) is 2.37. The number of aromatic nitrogens is 2. The number of nitrogen functional groups attached to an aromatic ring is 1. The maximum atomic E-state index is 12.6. The first kappa shape index (κ1) is 13.3. The van der Waals surface area contributed by atoms with Gasteiger partial charge in [0, 0.05) is 5.56 Å². The molecule has 1 aromatic carbocycles. The maximum absolute atomic E-state index is 12.6. The Morgan fingerprint density at radius 1 is 1.11 bits per heavy atom. The molecule has 3 N–H and O–H groups in total.